The summed E-state index contributed by atoms with van der Waals surface area (Å²) in [6.45, 7) is 0. The summed E-state index contributed by atoms with van der Waals surface area (Å²) in [5.41, 5.74) is -0.329. The summed E-state index contributed by atoms with van der Waals surface area (Å²) in [6.07, 6.45) is 0.871. The summed E-state index contributed by atoms with van der Waals surface area (Å²) in [4.78, 5) is 24.5. The molecule has 0 aliphatic heterocycles. The van der Waals surface area contributed by atoms with Crippen LogP contribution in [0.3, 0.4) is 0 Å². The predicted octanol–water partition coefficient (Wildman–Crippen LogP) is 0.159. The van der Waals surface area contributed by atoms with E-state index in [4.69, 9.17) is 5.11 Å². The van der Waals surface area contributed by atoms with Crippen LogP contribution in [0.25, 0.3) is 0 Å². The lowest BCUT2D eigenvalue weighted by Crippen LogP contribution is -2.08. The number of aromatic nitrogens is 1. The molecule has 1 aromatic heterocycles. The van der Waals surface area contributed by atoms with Crippen LogP contribution >= 0.6 is 0 Å². The van der Waals surface area contributed by atoms with Gasteiger partial charge in [-0.1, -0.05) is 0 Å². The molecule has 1 heterocycles. The summed E-state index contributed by atoms with van der Waals surface area (Å²) in [5.74, 6) is -2.70. The number of oxazole rings is 1. The Kier molecular flexibility index (Phi) is 2.09. The largest absolute Gasteiger partial charge is 0.475 e. The first-order valence-corrected chi connectivity index (χ1v) is 2.92. The van der Waals surface area contributed by atoms with Crippen molar-refractivity contribution in [3.05, 3.63) is 17.8 Å². The molecule has 0 saturated heterocycles. The molecular formula is C6H5NO5. The molecule has 12 heavy (non-hydrogen) atoms. The Bertz CT molecular complexity index is 315. The third kappa shape index (κ3) is 1.26. The second-order valence-electron chi connectivity index (χ2n) is 1.83. The van der Waals surface area contributed by atoms with Gasteiger partial charge in [-0.2, -0.15) is 0 Å². The molecule has 6 heteroatoms. The number of carbonyl (C=O) groups is 2. The summed E-state index contributed by atoms with van der Waals surface area (Å²) < 4.78 is 8.70. The van der Waals surface area contributed by atoms with Crippen LogP contribution in [0.1, 0.15) is 21.0 Å². The van der Waals surface area contributed by atoms with Crippen LogP contribution in [0.4, 0.5) is 0 Å². The number of carboxylic acids is 1. The van der Waals surface area contributed by atoms with Crippen molar-refractivity contribution in [2.45, 2.75) is 0 Å². The Hall–Kier alpha value is -1.85. The van der Waals surface area contributed by atoms with Gasteiger partial charge in [0.2, 0.25) is 11.5 Å². The SMILES string of the molecule is COC(=O)c1ncoc1C(=O)O. The molecule has 0 radical (unpaired) electrons. The van der Waals surface area contributed by atoms with Crippen LogP contribution in [0.5, 0.6) is 0 Å². The minimum absolute atomic E-state index is 0.329. The average molecular weight is 171 g/mol. The lowest BCUT2D eigenvalue weighted by atomic mass is 10.3. The number of hydrogen-bond donors (Lipinski definition) is 1. The van der Waals surface area contributed by atoms with Crippen molar-refractivity contribution in [1.29, 1.82) is 0 Å². The fourth-order valence-corrected chi connectivity index (χ4v) is 0.640. The second-order valence-corrected chi connectivity index (χ2v) is 1.83. The molecular weight excluding hydrogens is 166 g/mol. The highest BCUT2D eigenvalue weighted by Crippen LogP contribution is 2.07. The van der Waals surface area contributed by atoms with Crippen LogP contribution < -0.4 is 0 Å². The molecule has 1 aromatic rings. The first-order valence-electron chi connectivity index (χ1n) is 2.92. The number of aromatic carboxylic acids is 1. The van der Waals surface area contributed by atoms with Crippen molar-refractivity contribution in [2.24, 2.45) is 0 Å². The highest BCUT2D eigenvalue weighted by atomic mass is 16.5. The van der Waals surface area contributed by atoms with Gasteiger partial charge in [-0.25, -0.2) is 14.6 Å². The van der Waals surface area contributed by atoms with E-state index in [1.165, 1.54) is 0 Å². The van der Waals surface area contributed by atoms with Gasteiger partial charge in [0.15, 0.2) is 6.39 Å². The van der Waals surface area contributed by atoms with E-state index in [0.717, 1.165) is 13.5 Å². The third-order valence-electron chi connectivity index (χ3n) is 1.14. The molecule has 0 atom stereocenters. The molecule has 1 rings (SSSR count). The van der Waals surface area contributed by atoms with E-state index in [1.54, 1.807) is 0 Å². The topological polar surface area (TPSA) is 89.6 Å². The highest BCUT2D eigenvalue weighted by Gasteiger charge is 2.22. The molecule has 64 valence electrons. The number of ether oxygens (including phenoxy) is 1. The predicted molar refractivity (Wildman–Crippen MR) is 34.8 cm³/mol. The smallest absolute Gasteiger partial charge is 0.374 e. The van der Waals surface area contributed by atoms with E-state index in [-0.39, 0.29) is 5.69 Å². The summed E-state index contributed by atoms with van der Waals surface area (Å²) in [6, 6.07) is 0. The lowest BCUT2D eigenvalue weighted by molar-refractivity contribution is 0.0567. The summed E-state index contributed by atoms with van der Waals surface area (Å²) in [7, 11) is 1.13. The number of carbonyl (C=O) groups excluding carboxylic acids is 1. The van der Waals surface area contributed by atoms with Crippen molar-refractivity contribution >= 4 is 11.9 Å². The maximum Gasteiger partial charge on any atom is 0.374 e. The number of carboxylic acid groups (broad SMARTS) is 1. The van der Waals surface area contributed by atoms with E-state index in [2.05, 4.69) is 14.1 Å². The standard InChI is InChI=1S/C6H5NO5/c1-11-6(10)3-4(5(8)9)12-2-7-3/h2H,1H3,(H,8,9). The average Bonchev–Trinajstić information content (AvgIpc) is 2.50. The molecule has 0 amide bonds. The van der Waals surface area contributed by atoms with Gasteiger partial charge in [0.25, 0.3) is 0 Å². The molecule has 0 saturated carbocycles. The van der Waals surface area contributed by atoms with Gasteiger partial charge in [-0.15, -0.1) is 0 Å². The Labute approximate surface area is 66.8 Å². The zero-order chi connectivity index (χ0) is 9.14. The Morgan fingerprint density at radius 1 is 1.67 bits per heavy atom. The second kappa shape index (κ2) is 3.04. The molecule has 6 nitrogen and oxygen atoms in total. The van der Waals surface area contributed by atoms with Gasteiger partial charge >= 0.3 is 11.9 Å². The summed E-state index contributed by atoms with van der Waals surface area (Å²) in [5, 5.41) is 8.46. The highest BCUT2D eigenvalue weighted by molar-refractivity contribution is 5.98. The minimum Gasteiger partial charge on any atom is -0.475 e. The van der Waals surface area contributed by atoms with Gasteiger partial charge in [-0.05, 0) is 0 Å². The molecule has 1 N–H and O–H groups in total. The van der Waals surface area contributed by atoms with Gasteiger partial charge in [0.05, 0.1) is 7.11 Å². The zero-order valence-corrected chi connectivity index (χ0v) is 6.10. The maximum absolute atomic E-state index is 10.8. The molecule has 0 bridgehead atoms. The van der Waals surface area contributed by atoms with Crippen LogP contribution in [-0.4, -0.2) is 29.1 Å². The van der Waals surface area contributed by atoms with Gasteiger partial charge in [0, 0.05) is 0 Å². The van der Waals surface area contributed by atoms with Crippen molar-refractivity contribution in [1.82, 2.24) is 4.98 Å². The van der Waals surface area contributed by atoms with Crippen molar-refractivity contribution in [3.8, 4) is 0 Å². The Balaban J connectivity index is 3.07. The van der Waals surface area contributed by atoms with Crippen LogP contribution in [0, 0.1) is 0 Å². The van der Waals surface area contributed by atoms with Crippen molar-refractivity contribution in [2.75, 3.05) is 7.11 Å². The number of esters is 1. The van der Waals surface area contributed by atoms with E-state index >= 15 is 0 Å². The molecule has 0 aliphatic carbocycles. The monoisotopic (exact) mass is 171 g/mol. The van der Waals surface area contributed by atoms with Crippen LogP contribution in [0.2, 0.25) is 0 Å². The van der Waals surface area contributed by atoms with Gasteiger partial charge in [0.1, 0.15) is 0 Å². The lowest BCUT2D eigenvalue weighted by Gasteiger charge is -1.93. The van der Waals surface area contributed by atoms with Crippen LogP contribution in [0.15, 0.2) is 10.8 Å². The van der Waals surface area contributed by atoms with Gasteiger partial charge in [-0.3, -0.25) is 0 Å². The van der Waals surface area contributed by atoms with E-state index in [1.807, 2.05) is 0 Å². The minimum atomic E-state index is -1.35. The molecule has 0 aromatic carbocycles. The maximum atomic E-state index is 10.8. The van der Waals surface area contributed by atoms with Crippen LogP contribution in [-0.2, 0) is 4.74 Å². The normalized spacial score (nSPS) is 9.42. The van der Waals surface area contributed by atoms with Crippen molar-refractivity contribution in [3.63, 3.8) is 0 Å². The van der Waals surface area contributed by atoms with E-state index in [0.29, 0.717) is 0 Å². The zero-order valence-electron chi connectivity index (χ0n) is 6.10. The molecule has 0 unspecified atom stereocenters. The third-order valence-corrected chi connectivity index (χ3v) is 1.14. The number of methoxy groups -OCH3 is 1. The number of rotatable bonds is 2. The fraction of sp³-hybridized carbons (Fsp3) is 0.167. The quantitative estimate of drug-likeness (QED) is 0.637. The first kappa shape index (κ1) is 8.25. The van der Waals surface area contributed by atoms with Gasteiger partial charge < -0.3 is 14.3 Å². The molecule has 0 aliphatic rings. The summed E-state index contributed by atoms with van der Waals surface area (Å²) >= 11 is 0. The number of hydrogen-bond acceptors (Lipinski definition) is 5. The first-order chi connectivity index (χ1) is 5.66. The number of nitrogens with zero attached hydrogens (tertiary/aromatic N) is 1. The molecule has 0 spiro atoms. The fourth-order valence-electron chi connectivity index (χ4n) is 0.640. The Morgan fingerprint density at radius 3 is 2.83 bits per heavy atom. The van der Waals surface area contributed by atoms with E-state index < -0.39 is 17.7 Å². The Morgan fingerprint density at radius 2 is 2.33 bits per heavy atom. The van der Waals surface area contributed by atoms with E-state index in [9.17, 15) is 9.59 Å². The van der Waals surface area contributed by atoms with Crippen molar-refractivity contribution < 1.29 is 23.8 Å². The molecule has 0 fully saturated rings.